The lowest BCUT2D eigenvalue weighted by Gasteiger charge is -2.09. The van der Waals surface area contributed by atoms with Gasteiger partial charge < -0.3 is 9.67 Å². The van der Waals surface area contributed by atoms with Crippen LogP contribution >= 0.6 is 0 Å². The number of aromatic nitrogens is 1. The van der Waals surface area contributed by atoms with E-state index >= 15 is 0 Å². The van der Waals surface area contributed by atoms with Crippen LogP contribution in [0.25, 0.3) is 0 Å². The molecule has 1 aromatic carbocycles. The molecule has 0 fully saturated rings. The summed E-state index contributed by atoms with van der Waals surface area (Å²) in [6, 6.07) is 9.58. The van der Waals surface area contributed by atoms with Crippen molar-refractivity contribution in [2.24, 2.45) is 0 Å². The number of aryl methyl sites for hydroxylation is 1. The molecule has 1 aromatic heterocycles. The number of aliphatic hydroxyl groups excluding tert-OH is 1. The van der Waals surface area contributed by atoms with Gasteiger partial charge in [-0.05, 0) is 30.7 Å². The summed E-state index contributed by atoms with van der Waals surface area (Å²) in [5.41, 5.74) is 1.74. The highest BCUT2D eigenvalue weighted by Crippen LogP contribution is 2.11. The summed E-state index contributed by atoms with van der Waals surface area (Å²) >= 11 is 0. The first-order chi connectivity index (χ1) is 9.61. The second kappa shape index (κ2) is 6.18. The third kappa shape index (κ3) is 3.14. The molecule has 0 bridgehead atoms. The molecule has 20 heavy (non-hydrogen) atoms. The molecule has 0 spiro atoms. The first kappa shape index (κ1) is 14.0. The van der Waals surface area contributed by atoms with Crippen LogP contribution in [0.4, 0.5) is 4.39 Å². The van der Waals surface area contributed by atoms with E-state index in [0.717, 1.165) is 11.3 Å². The molecule has 2 aromatic rings. The summed E-state index contributed by atoms with van der Waals surface area (Å²) in [5, 5.41) is 8.65. The second-order valence-electron chi connectivity index (χ2n) is 4.37. The number of aliphatic hydroxyl groups is 1. The van der Waals surface area contributed by atoms with Crippen LogP contribution in [0.15, 0.2) is 41.2 Å². The SMILES string of the molecule is Cc1cccc(=O)n1Cc1ccc(F)c(C#CCO)c1. The molecular weight excluding hydrogens is 257 g/mol. The van der Waals surface area contributed by atoms with Gasteiger partial charge in [0.15, 0.2) is 0 Å². The maximum atomic E-state index is 13.5. The maximum Gasteiger partial charge on any atom is 0.251 e. The molecule has 2 rings (SSSR count). The maximum absolute atomic E-state index is 13.5. The predicted octanol–water partition coefficient (Wildman–Crippen LogP) is 1.69. The van der Waals surface area contributed by atoms with Gasteiger partial charge in [0.25, 0.3) is 5.56 Å². The van der Waals surface area contributed by atoms with E-state index in [-0.39, 0.29) is 17.7 Å². The largest absolute Gasteiger partial charge is 0.384 e. The molecule has 4 heteroatoms. The number of hydrogen-bond acceptors (Lipinski definition) is 2. The van der Waals surface area contributed by atoms with Crippen LogP contribution in [0.5, 0.6) is 0 Å². The van der Waals surface area contributed by atoms with Gasteiger partial charge in [0.1, 0.15) is 12.4 Å². The van der Waals surface area contributed by atoms with Gasteiger partial charge in [0, 0.05) is 11.8 Å². The van der Waals surface area contributed by atoms with Crippen molar-refractivity contribution >= 4 is 0 Å². The van der Waals surface area contributed by atoms with Crippen LogP contribution in [-0.4, -0.2) is 16.3 Å². The summed E-state index contributed by atoms with van der Waals surface area (Å²) in [6.45, 7) is 1.89. The van der Waals surface area contributed by atoms with Gasteiger partial charge in [-0.1, -0.05) is 24.0 Å². The Hall–Kier alpha value is -2.38. The molecule has 0 radical (unpaired) electrons. The number of nitrogens with zero attached hydrogens (tertiary/aromatic N) is 1. The van der Waals surface area contributed by atoms with E-state index < -0.39 is 5.82 Å². The molecule has 1 N–H and O–H groups in total. The number of benzene rings is 1. The van der Waals surface area contributed by atoms with E-state index in [1.54, 1.807) is 22.8 Å². The first-order valence-electron chi connectivity index (χ1n) is 6.16. The summed E-state index contributed by atoms with van der Waals surface area (Å²) in [6.07, 6.45) is 0. The highest BCUT2D eigenvalue weighted by molar-refractivity contribution is 5.38. The van der Waals surface area contributed by atoms with Crippen molar-refractivity contribution in [1.29, 1.82) is 0 Å². The molecule has 0 amide bonds. The molecule has 0 atom stereocenters. The van der Waals surface area contributed by atoms with Gasteiger partial charge in [-0.2, -0.15) is 0 Å². The Morgan fingerprint density at radius 3 is 2.80 bits per heavy atom. The van der Waals surface area contributed by atoms with Crippen LogP contribution in [0.1, 0.15) is 16.8 Å². The van der Waals surface area contributed by atoms with Crippen LogP contribution in [0.2, 0.25) is 0 Å². The molecule has 0 saturated carbocycles. The lowest BCUT2D eigenvalue weighted by atomic mass is 10.1. The minimum absolute atomic E-state index is 0.0997. The fourth-order valence-corrected chi connectivity index (χ4v) is 1.91. The average Bonchev–Trinajstić information content (AvgIpc) is 2.43. The number of hydrogen-bond donors (Lipinski definition) is 1. The molecule has 0 saturated heterocycles. The lowest BCUT2D eigenvalue weighted by Crippen LogP contribution is -2.21. The zero-order valence-corrected chi connectivity index (χ0v) is 11.1. The second-order valence-corrected chi connectivity index (χ2v) is 4.37. The predicted molar refractivity (Wildman–Crippen MR) is 74.9 cm³/mol. The number of rotatable bonds is 2. The Labute approximate surface area is 116 Å². The quantitative estimate of drug-likeness (QED) is 0.845. The molecule has 3 nitrogen and oxygen atoms in total. The summed E-state index contributed by atoms with van der Waals surface area (Å²) in [5.74, 6) is 4.53. The van der Waals surface area contributed by atoms with E-state index in [2.05, 4.69) is 11.8 Å². The number of pyridine rings is 1. The van der Waals surface area contributed by atoms with Gasteiger partial charge in [-0.15, -0.1) is 0 Å². The van der Waals surface area contributed by atoms with Gasteiger partial charge in [-0.25, -0.2) is 4.39 Å². The van der Waals surface area contributed by atoms with Crippen molar-refractivity contribution < 1.29 is 9.50 Å². The van der Waals surface area contributed by atoms with Crippen LogP contribution < -0.4 is 5.56 Å². The Morgan fingerprint density at radius 1 is 1.30 bits per heavy atom. The van der Waals surface area contributed by atoms with E-state index in [9.17, 15) is 9.18 Å². The van der Waals surface area contributed by atoms with E-state index in [0.29, 0.717) is 6.54 Å². The van der Waals surface area contributed by atoms with Crippen LogP contribution in [0, 0.1) is 24.6 Å². The van der Waals surface area contributed by atoms with Gasteiger partial charge >= 0.3 is 0 Å². The topological polar surface area (TPSA) is 42.2 Å². The smallest absolute Gasteiger partial charge is 0.251 e. The van der Waals surface area contributed by atoms with Crippen molar-refractivity contribution in [1.82, 2.24) is 4.57 Å². The van der Waals surface area contributed by atoms with E-state index in [1.165, 1.54) is 12.1 Å². The van der Waals surface area contributed by atoms with E-state index in [1.807, 2.05) is 13.0 Å². The van der Waals surface area contributed by atoms with Crippen molar-refractivity contribution in [3.05, 3.63) is 69.4 Å². The summed E-state index contributed by atoms with van der Waals surface area (Å²) < 4.78 is 15.1. The Bertz CT molecular complexity index is 738. The molecule has 1 heterocycles. The van der Waals surface area contributed by atoms with Crippen LogP contribution in [0.3, 0.4) is 0 Å². The molecule has 0 unspecified atom stereocenters. The zero-order chi connectivity index (χ0) is 14.5. The minimum atomic E-state index is -0.438. The van der Waals surface area contributed by atoms with Gasteiger partial charge in [0.05, 0.1) is 12.1 Å². The average molecular weight is 271 g/mol. The highest BCUT2D eigenvalue weighted by atomic mass is 19.1. The Morgan fingerprint density at radius 2 is 2.10 bits per heavy atom. The Balaban J connectivity index is 2.37. The Kier molecular flexibility index (Phi) is 4.34. The third-order valence-corrected chi connectivity index (χ3v) is 2.94. The van der Waals surface area contributed by atoms with Gasteiger partial charge in [-0.3, -0.25) is 4.79 Å². The van der Waals surface area contributed by atoms with E-state index in [4.69, 9.17) is 5.11 Å². The molecule has 102 valence electrons. The highest BCUT2D eigenvalue weighted by Gasteiger charge is 2.04. The normalized spacial score (nSPS) is 9.95. The molecule has 0 aliphatic carbocycles. The van der Waals surface area contributed by atoms with Gasteiger partial charge in [0.2, 0.25) is 0 Å². The standard InChI is InChI=1S/C16H14FNO2/c1-12-4-2-6-16(20)18(12)11-13-7-8-15(17)14(10-13)5-3-9-19/h2,4,6-8,10,19H,9,11H2,1H3. The van der Waals surface area contributed by atoms with Crippen molar-refractivity contribution in [3.8, 4) is 11.8 Å². The molecular formula is C16H14FNO2. The third-order valence-electron chi connectivity index (χ3n) is 2.94. The van der Waals surface area contributed by atoms with Crippen molar-refractivity contribution in [2.45, 2.75) is 13.5 Å². The zero-order valence-electron chi connectivity index (χ0n) is 11.1. The van der Waals surface area contributed by atoms with Crippen LogP contribution in [-0.2, 0) is 6.54 Å². The fourth-order valence-electron chi connectivity index (χ4n) is 1.91. The molecule has 0 aliphatic heterocycles. The van der Waals surface area contributed by atoms with Crippen molar-refractivity contribution in [2.75, 3.05) is 6.61 Å². The minimum Gasteiger partial charge on any atom is -0.384 e. The summed E-state index contributed by atoms with van der Waals surface area (Å²) in [7, 11) is 0. The summed E-state index contributed by atoms with van der Waals surface area (Å²) in [4.78, 5) is 11.8. The fraction of sp³-hybridized carbons (Fsp3) is 0.188. The lowest BCUT2D eigenvalue weighted by molar-refractivity contribution is 0.350. The number of halogens is 1. The van der Waals surface area contributed by atoms with Crippen molar-refractivity contribution in [3.63, 3.8) is 0 Å². The monoisotopic (exact) mass is 271 g/mol. The first-order valence-corrected chi connectivity index (χ1v) is 6.16. The molecule has 0 aliphatic rings.